The Morgan fingerprint density at radius 1 is 1.03 bits per heavy atom. The van der Waals surface area contributed by atoms with E-state index >= 15 is 0 Å². The van der Waals surface area contributed by atoms with Crippen molar-refractivity contribution in [1.29, 1.82) is 0 Å². The molecular formula is C26H30N2O5S. The average molecular weight is 483 g/mol. The molecule has 2 aliphatic rings. The van der Waals surface area contributed by atoms with Crippen molar-refractivity contribution in [2.75, 3.05) is 24.6 Å². The van der Waals surface area contributed by atoms with Crippen LogP contribution in [0.5, 0.6) is 0 Å². The SMILES string of the molecule is CCCCOC(=O)c1ccc(N2C=C(C(=O)N3CCC(C)CC3)S(=O)(=O)c3ccccc32)cc1. The van der Waals surface area contributed by atoms with Gasteiger partial charge in [-0.3, -0.25) is 4.79 Å². The molecule has 0 bridgehead atoms. The second-order valence-corrected chi connectivity index (χ2v) is 10.7. The van der Waals surface area contributed by atoms with Crippen LogP contribution in [-0.2, 0) is 19.4 Å². The number of fused-ring (bicyclic) bond motifs is 1. The van der Waals surface area contributed by atoms with E-state index in [9.17, 15) is 18.0 Å². The number of amides is 1. The molecule has 8 heteroatoms. The number of carbonyl (C=O) groups excluding carboxylic acids is 2. The number of likely N-dealkylation sites (tertiary alicyclic amines) is 1. The zero-order chi connectivity index (χ0) is 24.3. The van der Waals surface area contributed by atoms with E-state index in [0.717, 1.165) is 25.7 Å². The fourth-order valence-electron chi connectivity index (χ4n) is 4.16. The molecule has 1 amide bonds. The summed E-state index contributed by atoms with van der Waals surface area (Å²) in [6.07, 6.45) is 4.87. The predicted octanol–water partition coefficient (Wildman–Crippen LogP) is 4.67. The van der Waals surface area contributed by atoms with Gasteiger partial charge in [-0.05, 0) is 61.6 Å². The summed E-state index contributed by atoms with van der Waals surface area (Å²) in [5.41, 5.74) is 1.52. The van der Waals surface area contributed by atoms with E-state index in [1.807, 2.05) is 6.92 Å². The summed E-state index contributed by atoms with van der Waals surface area (Å²) in [5.74, 6) is -0.347. The number of anilines is 2. The molecule has 0 radical (unpaired) electrons. The van der Waals surface area contributed by atoms with Crippen LogP contribution >= 0.6 is 0 Å². The van der Waals surface area contributed by atoms with Gasteiger partial charge in [0, 0.05) is 25.0 Å². The maximum atomic E-state index is 13.4. The second-order valence-electron chi connectivity index (χ2n) is 8.85. The van der Waals surface area contributed by atoms with E-state index in [1.54, 1.807) is 52.3 Å². The van der Waals surface area contributed by atoms with E-state index in [2.05, 4.69) is 6.92 Å². The minimum Gasteiger partial charge on any atom is -0.462 e. The van der Waals surface area contributed by atoms with Crippen molar-refractivity contribution in [2.24, 2.45) is 5.92 Å². The summed E-state index contributed by atoms with van der Waals surface area (Å²) in [4.78, 5) is 28.8. The number of nitrogens with zero attached hydrogens (tertiary/aromatic N) is 2. The maximum Gasteiger partial charge on any atom is 0.338 e. The summed E-state index contributed by atoms with van der Waals surface area (Å²) < 4.78 is 32.1. The molecule has 1 fully saturated rings. The van der Waals surface area contributed by atoms with Crippen LogP contribution in [-0.4, -0.2) is 44.9 Å². The Morgan fingerprint density at radius 3 is 2.38 bits per heavy atom. The number of carbonyl (C=O) groups is 2. The Labute approximate surface area is 200 Å². The summed E-state index contributed by atoms with van der Waals surface area (Å²) >= 11 is 0. The maximum absolute atomic E-state index is 13.4. The highest BCUT2D eigenvalue weighted by atomic mass is 32.2. The molecule has 0 saturated carbocycles. The average Bonchev–Trinajstić information content (AvgIpc) is 2.84. The van der Waals surface area contributed by atoms with Crippen molar-refractivity contribution in [3.05, 3.63) is 65.2 Å². The van der Waals surface area contributed by atoms with Gasteiger partial charge in [0.1, 0.15) is 0 Å². The normalized spacial score (nSPS) is 17.6. The number of hydrogen-bond acceptors (Lipinski definition) is 6. The molecule has 0 atom stereocenters. The van der Waals surface area contributed by atoms with Crippen LogP contribution in [0.1, 0.15) is 49.9 Å². The molecule has 0 unspecified atom stereocenters. The lowest BCUT2D eigenvalue weighted by Gasteiger charge is -2.33. The topological polar surface area (TPSA) is 84.0 Å². The number of sulfone groups is 1. The van der Waals surface area contributed by atoms with Gasteiger partial charge in [0.2, 0.25) is 9.84 Å². The molecule has 2 heterocycles. The van der Waals surface area contributed by atoms with Crippen LogP contribution in [0.25, 0.3) is 0 Å². The van der Waals surface area contributed by atoms with Gasteiger partial charge in [-0.1, -0.05) is 32.4 Å². The number of hydrogen-bond donors (Lipinski definition) is 0. The summed E-state index contributed by atoms with van der Waals surface area (Å²) in [5, 5.41) is 0. The lowest BCUT2D eigenvalue weighted by molar-refractivity contribution is -0.127. The molecule has 0 aliphatic carbocycles. The zero-order valence-electron chi connectivity index (χ0n) is 19.6. The lowest BCUT2D eigenvalue weighted by atomic mass is 9.99. The summed E-state index contributed by atoms with van der Waals surface area (Å²) in [6.45, 7) is 5.63. The minimum absolute atomic E-state index is 0.0919. The number of piperidine rings is 1. The van der Waals surface area contributed by atoms with Gasteiger partial charge in [0.25, 0.3) is 5.91 Å². The molecule has 4 rings (SSSR count). The van der Waals surface area contributed by atoms with Crippen molar-refractivity contribution in [3.8, 4) is 0 Å². The monoisotopic (exact) mass is 482 g/mol. The molecule has 0 aromatic heterocycles. The van der Waals surface area contributed by atoms with Crippen LogP contribution in [0.2, 0.25) is 0 Å². The van der Waals surface area contributed by atoms with Crippen molar-refractivity contribution >= 4 is 33.1 Å². The number of unbranched alkanes of at least 4 members (excludes halogenated alkanes) is 1. The highest BCUT2D eigenvalue weighted by molar-refractivity contribution is 7.96. The Hall–Kier alpha value is -3.13. The third kappa shape index (κ3) is 4.73. The van der Waals surface area contributed by atoms with E-state index in [1.165, 1.54) is 12.3 Å². The van der Waals surface area contributed by atoms with E-state index < -0.39 is 21.7 Å². The standard InChI is InChI=1S/C26H30N2O5S/c1-3-4-17-33-26(30)20-9-11-21(12-10-20)28-18-24(25(29)27-15-13-19(2)14-16-27)34(31,32)23-8-6-5-7-22(23)28/h5-12,18-19H,3-4,13-17H2,1-2H3. The van der Waals surface area contributed by atoms with E-state index in [-0.39, 0.29) is 9.80 Å². The molecule has 1 saturated heterocycles. The Morgan fingerprint density at radius 2 is 1.71 bits per heavy atom. The van der Waals surface area contributed by atoms with Gasteiger partial charge in [0.05, 0.1) is 22.8 Å². The molecular weight excluding hydrogens is 452 g/mol. The lowest BCUT2D eigenvalue weighted by Crippen LogP contribution is -2.41. The third-order valence-electron chi connectivity index (χ3n) is 6.34. The van der Waals surface area contributed by atoms with Crippen molar-refractivity contribution < 1.29 is 22.7 Å². The minimum atomic E-state index is -3.97. The Kier molecular flexibility index (Phi) is 7.07. The smallest absolute Gasteiger partial charge is 0.338 e. The van der Waals surface area contributed by atoms with Crippen LogP contribution in [0.4, 0.5) is 11.4 Å². The van der Waals surface area contributed by atoms with Gasteiger partial charge >= 0.3 is 5.97 Å². The molecule has 2 aromatic rings. The summed E-state index contributed by atoms with van der Waals surface area (Å²) in [6, 6.07) is 13.4. The third-order valence-corrected chi connectivity index (χ3v) is 8.13. The predicted molar refractivity (Wildman–Crippen MR) is 130 cm³/mol. The summed E-state index contributed by atoms with van der Waals surface area (Å²) in [7, 11) is -3.97. The van der Waals surface area contributed by atoms with Crippen LogP contribution in [0.15, 0.2) is 64.5 Å². The molecule has 7 nitrogen and oxygen atoms in total. The van der Waals surface area contributed by atoms with Gasteiger partial charge in [-0.15, -0.1) is 0 Å². The quantitative estimate of drug-likeness (QED) is 0.440. The first kappa shape index (κ1) is 24.0. The van der Waals surface area contributed by atoms with Gasteiger partial charge in [-0.2, -0.15) is 0 Å². The molecule has 2 aromatic carbocycles. The largest absolute Gasteiger partial charge is 0.462 e. The van der Waals surface area contributed by atoms with E-state index in [4.69, 9.17) is 4.74 Å². The first-order chi connectivity index (χ1) is 16.3. The fourth-order valence-corrected chi connectivity index (χ4v) is 5.70. The van der Waals surface area contributed by atoms with Crippen LogP contribution < -0.4 is 4.90 Å². The highest BCUT2D eigenvalue weighted by Gasteiger charge is 2.38. The van der Waals surface area contributed by atoms with Crippen molar-refractivity contribution in [1.82, 2.24) is 4.90 Å². The Bertz CT molecular complexity index is 1200. The number of para-hydroxylation sites is 1. The zero-order valence-corrected chi connectivity index (χ0v) is 20.4. The van der Waals surface area contributed by atoms with Crippen molar-refractivity contribution in [3.63, 3.8) is 0 Å². The first-order valence-electron chi connectivity index (χ1n) is 11.7. The van der Waals surface area contributed by atoms with Gasteiger partial charge in [-0.25, -0.2) is 13.2 Å². The fraction of sp³-hybridized carbons (Fsp3) is 0.385. The number of ether oxygens (including phenoxy) is 1. The molecule has 34 heavy (non-hydrogen) atoms. The molecule has 0 N–H and O–H groups in total. The highest BCUT2D eigenvalue weighted by Crippen LogP contribution is 2.40. The first-order valence-corrected chi connectivity index (χ1v) is 13.2. The van der Waals surface area contributed by atoms with Gasteiger partial charge in [0.15, 0.2) is 4.91 Å². The van der Waals surface area contributed by atoms with Crippen molar-refractivity contribution in [2.45, 2.75) is 44.4 Å². The number of esters is 1. The van der Waals surface area contributed by atoms with Crippen LogP contribution in [0, 0.1) is 5.92 Å². The number of rotatable bonds is 6. The molecule has 2 aliphatic heterocycles. The Balaban J connectivity index is 1.67. The molecule has 0 spiro atoms. The number of benzene rings is 2. The van der Waals surface area contributed by atoms with Crippen LogP contribution in [0.3, 0.4) is 0 Å². The van der Waals surface area contributed by atoms with Gasteiger partial charge < -0.3 is 14.5 Å². The van der Waals surface area contributed by atoms with E-state index in [0.29, 0.717) is 42.6 Å². The second kappa shape index (κ2) is 10.0. The molecule has 180 valence electrons.